The molecule has 0 heterocycles. The van der Waals surface area contributed by atoms with Crippen LogP contribution in [0.5, 0.6) is 0 Å². The average Bonchev–Trinajstić information content (AvgIpc) is 2.62. The zero-order chi connectivity index (χ0) is 8.32. The zero-order valence-electron chi connectivity index (χ0n) is 7.61. The van der Waals surface area contributed by atoms with E-state index in [1.807, 2.05) is 13.8 Å². The van der Waals surface area contributed by atoms with Crippen LogP contribution in [0.3, 0.4) is 0 Å². The highest BCUT2D eigenvalue weighted by atomic mass is 16.5. The van der Waals surface area contributed by atoms with Gasteiger partial charge in [0.1, 0.15) is 6.61 Å². The highest BCUT2D eigenvalue weighted by Gasteiger charge is 2.34. The Morgan fingerprint density at radius 1 is 1.45 bits per heavy atom. The second kappa shape index (κ2) is 3.28. The fourth-order valence-corrected chi connectivity index (χ4v) is 0.770. The summed E-state index contributed by atoms with van der Waals surface area (Å²) in [5.41, 5.74) is 0.348. The van der Waals surface area contributed by atoms with E-state index in [1.165, 1.54) is 12.8 Å². The fourth-order valence-electron chi connectivity index (χ4n) is 0.770. The van der Waals surface area contributed by atoms with Gasteiger partial charge in [-0.25, -0.2) is 0 Å². The van der Waals surface area contributed by atoms with Gasteiger partial charge in [0.15, 0.2) is 0 Å². The summed E-state index contributed by atoms with van der Waals surface area (Å²) in [6.07, 6.45) is 2.83. The standard InChI is InChI=1S/C10H16O/c1-9(2)11-8-4-5-10(3)6-7-10/h9H,6-8H2,1-3H3. The van der Waals surface area contributed by atoms with Crippen molar-refractivity contribution in [3.8, 4) is 11.8 Å². The van der Waals surface area contributed by atoms with Crippen molar-refractivity contribution >= 4 is 0 Å². The Balaban J connectivity index is 2.13. The highest BCUT2D eigenvalue weighted by Crippen LogP contribution is 2.43. The first kappa shape index (κ1) is 8.62. The summed E-state index contributed by atoms with van der Waals surface area (Å²) in [5, 5.41) is 0. The smallest absolute Gasteiger partial charge is 0.108 e. The van der Waals surface area contributed by atoms with E-state index in [1.54, 1.807) is 0 Å². The van der Waals surface area contributed by atoms with Crippen molar-refractivity contribution < 1.29 is 4.74 Å². The van der Waals surface area contributed by atoms with Crippen LogP contribution < -0.4 is 0 Å². The first-order chi connectivity index (χ1) is 5.12. The van der Waals surface area contributed by atoms with Crippen molar-refractivity contribution in [2.45, 2.75) is 39.7 Å². The Hall–Kier alpha value is -0.480. The summed E-state index contributed by atoms with van der Waals surface area (Å²) in [7, 11) is 0. The molecule has 0 bridgehead atoms. The third-order valence-electron chi connectivity index (χ3n) is 1.88. The van der Waals surface area contributed by atoms with Crippen LogP contribution >= 0.6 is 0 Å². The molecule has 0 amide bonds. The van der Waals surface area contributed by atoms with Crippen LogP contribution in [0.25, 0.3) is 0 Å². The van der Waals surface area contributed by atoms with Crippen LogP contribution in [0.4, 0.5) is 0 Å². The van der Waals surface area contributed by atoms with Gasteiger partial charge in [0, 0.05) is 5.41 Å². The van der Waals surface area contributed by atoms with Crippen molar-refractivity contribution in [1.29, 1.82) is 0 Å². The second-order valence-electron chi connectivity index (χ2n) is 3.72. The molecule has 0 spiro atoms. The van der Waals surface area contributed by atoms with Gasteiger partial charge in [-0.2, -0.15) is 0 Å². The average molecular weight is 152 g/mol. The fraction of sp³-hybridized carbons (Fsp3) is 0.800. The summed E-state index contributed by atoms with van der Waals surface area (Å²) in [5.74, 6) is 6.26. The van der Waals surface area contributed by atoms with E-state index in [2.05, 4.69) is 18.8 Å². The van der Waals surface area contributed by atoms with E-state index in [0.717, 1.165) is 0 Å². The van der Waals surface area contributed by atoms with Crippen LogP contribution in [0.1, 0.15) is 33.6 Å². The van der Waals surface area contributed by atoms with E-state index >= 15 is 0 Å². The molecule has 0 aromatic rings. The minimum absolute atomic E-state index is 0.302. The Kier molecular flexibility index (Phi) is 2.57. The molecule has 1 heteroatoms. The summed E-state index contributed by atoms with van der Waals surface area (Å²) >= 11 is 0. The molecule has 0 radical (unpaired) electrons. The maximum absolute atomic E-state index is 5.29. The number of hydrogen-bond donors (Lipinski definition) is 0. The molecule has 11 heavy (non-hydrogen) atoms. The molecule has 0 unspecified atom stereocenters. The third kappa shape index (κ3) is 3.43. The molecule has 0 N–H and O–H groups in total. The molecule has 62 valence electrons. The van der Waals surface area contributed by atoms with E-state index < -0.39 is 0 Å². The molecule has 1 fully saturated rings. The Morgan fingerprint density at radius 3 is 2.55 bits per heavy atom. The van der Waals surface area contributed by atoms with Gasteiger partial charge in [-0.1, -0.05) is 11.8 Å². The van der Waals surface area contributed by atoms with Crippen molar-refractivity contribution in [3.63, 3.8) is 0 Å². The molecular formula is C10H16O. The number of rotatable bonds is 2. The summed E-state index contributed by atoms with van der Waals surface area (Å²) in [6.45, 7) is 6.85. The highest BCUT2D eigenvalue weighted by molar-refractivity contribution is 5.17. The molecule has 0 saturated heterocycles. The van der Waals surface area contributed by atoms with Crippen molar-refractivity contribution in [2.24, 2.45) is 5.41 Å². The van der Waals surface area contributed by atoms with Crippen molar-refractivity contribution in [3.05, 3.63) is 0 Å². The predicted octanol–water partition coefficient (Wildman–Crippen LogP) is 2.21. The van der Waals surface area contributed by atoms with Gasteiger partial charge in [-0.15, -0.1) is 0 Å². The predicted molar refractivity (Wildman–Crippen MR) is 46.2 cm³/mol. The number of hydrogen-bond acceptors (Lipinski definition) is 1. The van der Waals surface area contributed by atoms with Gasteiger partial charge >= 0.3 is 0 Å². The van der Waals surface area contributed by atoms with Gasteiger partial charge in [-0.05, 0) is 33.6 Å². The molecule has 1 rings (SSSR count). The second-order valence-corrected chi connectivity index (χ2v) is 3.72. The van der Waals surface area contributed by atoms with Crippen LogP contribution in [0, 0.1) is 17.3 Å². The Labute approximate surface area is 69.1 Å². The van der Waals surface area contributed by atoms with E-state index in [-0.39, 0.29) is 0 Å². The van der Waals surface area contributed by atoms with Gasteiger partial charge in [0.2, 0.25) is 0 Å². The summed E-state index contributed by atoms with van der Waals surface area (Å²) in [6, 6.07) is 0. The van der Waals surface area contributed by atoms with Gasteiger partial charge in [0.05, 0.1) is 6.10 Å². The molecule has 1 aliphatic carbocycles. The van der Waals surface area contributed by atoms with Crippen LogP contribution in [-0.4, -0.2) is 12.7 Å². The lowest BCUT2D eigenvalue weighted by atomic mass is 10.1. The molecule has 1 saturated carbocycles. The van der Waals surface area contributed by atoms with Crippen molar-refractivity contribution in [1.82, 2.24) is 0 Å². The lowest BCUT2D eigenvalue weighted by molar-refractivity contribution is 0.106. The van der Waals surface area contributed by atoms with E-state index in [4.69, 9.17) is 4.74 Å². The maximum Gasteiger partial charge on any atom is 0.108 e. The van der Waals surface area contributed by atoms with Crippen LogP contribution in [-0.2, 0) is 4.74 Å². The first-order valence-corrected chi connectivity index (χ1v) is 4.24. The molecule has 0 aromatic carbocycles. The lowest BCUT2D eigenvalue weighted by Gasteiger charge is -2.01. The van der Waals surface area contributed by atoms with Gasteiger partial charge < -0.3 is 4.74 Å². The first-order valence-electron chi connectivity index (χ1n) is 4.24. The van der Waals surface area contributed by atoms with Gasteiger partial charge in [0.25, 0.3) is 0 Å². The minimum Gasteiger partial charge on any atom is -0.366 e. The molecule has 0 aliphatic heterocycles. The SMILES string of the molecule is CC(C)OCC#CC1(C)CC1. The summed E-state index contributed by atoms with van der Waals surface area (Å²) in [4.78, 5) is 0. The molecule has 1 nitrogen and oxygen atoms in total. The third-order valence-corrected chi connectivity index (χ3v) is 1.88. The lowest BCUT2D eigenvalue weighted by Crippen LogP contribution is -2.02. The molecule has 0 aromatic heterocycles. The summed E-state index contributed by atoms with van der Waals surface area (Å²) < 4.78 is 5.29. The normalized spacial score (nSPS) is 19.3. The molecule has 1 aliphatic rings. The van der Waals surface area contributed by atoms with E-state index in [0.29, 0.717) is 18.1 Å². The van der Waals surface area contributed by atoms with Gasteiger partial charge in [-0.3, -0.25) is 0 Å². The van der Waals surface area contributed by atoms with Crippen LogP contribution in [0.2, 0.25) is 0 Å². The molecular weight excluding hydrogens is 136 g/mol. The largest absolute Gasteiger partial charge is 0.366 e. The van der Waals surface area contributed by atoms with E-state index in [9.17, 15) is 0 Å². The Morgan fingerprint density at radius 2 is 2.09 bits per heavy atom. The van der Waals surface area contributed by atoms with Crippen LogP contribution in [0.15, 0.2) is 0 Å². The topological polar surface area (TPSA) is 9.23 Å². The number of ether oxygens (including phenoxy) is 1. The maximum atomic E-state index is 5.29. The minimum atomic E-state index is 0.302. The molecule has 0 atom stereocenters. The zero-order valence-corrected chi connectivity index (χ0v) is 7.61. The quantitative estimate of drug-likeness (QED) is 0.551. The van der Waals surface area contributed by atoms with Crippen molar-refractivity contribution in [2.75, 3.05) is 6.61 Å². The monoisotopic (exact) mass is 152 g/mol. The Bertz CT molecular complexity index is 179.